The number of nitro benzene ring substituents is 1. The second kappa shape index (κ2) is 6.06. The number of hydrogen-bond donors (Lipinski definition) is 3. The van der Waals surface area contributed by atoms with E-state index in [1.807, 2.05) is 0 Å². The summed E-state index contributed by atoms with van der Waals surface area (Å²) in [6, 6.07) is 7.46. The lowest BCUT2D eigenvalue weighted by molar-refractivity contribution is -0.384. The Morgan fingerprint density at radius 3 is 2.71 bits per heavy atom. The molecule has 0 unspecified atom stereocenters. The second-order valence-electron chi connectivity index (χ2n) is 4.33. The first-order chi connectivity index (χ1) is 10.0. The van der Waals surface area contributed by atoms with Gasteiger partial charge in [-0.25, -0.2) is 0 Å². The Balaban J connectivity index is 2.10. The summed E-state index contributed by atoms with van der Waals surface area (Å²) >= 11 is 0. The monoisotopic (exact) mass is 290 g/mol. The molecule has 0 fully saturated rings. The number of aryl methyl sites for hydroxylation is 1. The molecule has 8 nitrogen and oxygen atoms in total. The van der Waals surface area contributed by atoms with E-state index >= 15 is 0 Å². The Hall–Kier alpha value is -2.87. The van der Waals surface area contributed by atoms with Crippen molar-refractivity contribution >= 4 is 17.3 Å². The maximum Gasteiger partial charge on any atom is 0.293 e. The van der Waals surface area contributed by atoms with Gasteiger partial charge in [-0.2, -0.15) is 0 Å². The number of rotatable bonds is 5. The number of nitrogens with one attached hydrogen (secondary N) is 2. The highest BCUT2D eigenvalue weighted by Gasteiger charge is 2.16. The number of hydrazine groups is 1. The molecule has 0 saturated heterocycles. The third-order valence-electron chi connectivity index (χ3n) is 2.83. The number of nitrogens with two attached hydrogens (primary N) is 1. The van der Waals surface area contributed by atoms with E-state index in [1.54, 1.807) is 19.1 Å². The highest BCUT2D eigenvalue weighted by molar-refractivity contribution is 5.95. The maximum absolute atomic E-state index is 12.0. The van der Waals surface area contributed by atoms with Crippen LogP contribution in [0.5, 0.6) is 0 Å². The summed E-state index contributed by atoms with van der Waals surface area (Å²) in [7, 11) is 0. The molecule has 0 saturated carbocycles. The van der Waals surface area contributed by atoms with Crippen LogP contribution in [0.15, 0.2) is 34.7 Å². The summed E-state index contributed by atoms with van der Waals surface area (Å²) in [5.74, 6) is 6.22. The number of benzene rings is 1. The van der Waals surface area contributed by atoms with Crippen LogP contribution in [0.25, 0.3) is 0 Å². The molecule has 2 rings (SSSR count). The van der Waals surface area contributed by atoms with Gasteiger partial charge < -0.3 is 15.2 Å². The fraction of sp³-hybridized carbons (Fsp3) is 0.154. The summed E-state index contributed by atoms with van der Waals surface area (Å²) in [6.45, 7) is 2.04. The molecule has 0 radical (unpaired) electrons. The van der Waals surface area contributed by atoms with Gasteiger partial charge in [-0.1, -0.05) is 0 Å². The minimum Gasteiger partial charge on any atom is -0.465 e. The van der Waals surface area contributed by atoms with Crippen molar-refractivity contribution in [1.82, 2.24) is 5.32 Å². The molecule has 4 N–H and O–H groups in total. The molecule has 1 amide bonds. The van der Waals surface area contributed by atoms with Crippen LogP contribution in [0.1, 0.15) is 21.9 Å². The number of nitrogen functional groups attached to an aromatic ring is 1. The Labute approximate surface area is 120 Å². The van der Waals surface area contributed by atoms with Gasteiger partial charge in [-0.3, -0.25) is 20.8 Å². The van der Waals surface area contributed by atoms with E-state index in [1.165, 1.54) is 18.2 Å². The Morgan fingerprint density at radius 1 is 1.38 bits per heavy atom. The highest BCUT2D eigenvalue weighted by Crippen LogP contribution is 2.24. The van der Waals surface area contributed by atoms with E-state index in [-0.39, 0.29) is 29.4 Å². The fourth-order valence-electron chi connectivity index (χ4n) is 1.80. The number of hydrogen-bond acceptors (Lipinski definition) is 6. The molecule has 0 atom stereocenters. The van der Waals surface area contributed by atoms with Gasteiger partial charge in [0.15, 0.2) is 0 Å². The summed E-state index contributed by atoms with van der Waals surface area (Å²) in [5, 5.41) is 13.4. The van der Waals surface area contributed by atoms with Crippen LogP contribution in [-0.2, 0) is 6.54 Å². The lowest BCUT2D eigenvalue weighted by atomic mass is 10.1. The van der Waals surface area contributed by atoms with Gasteiger partial charge in [0, 0.05) is 11.6 Å². The smallest absolute Gasteiger partial charge is 0.293 e. The Kier molecular flexibility index (Phi) is 4.19. The van der Waals surface area contributed by atoms with Crippen LogP contribution in [0.2, 0.25) is 0 Å². The van der Waals surface area contributed by atoms with Crippen molar-refractivity contribution in [2.75, 3.05) is 5.43 Å². The lowest BCUT2D eigenvalue weighted by Gasteiger charge is -2.06. The minimum atomic E-state index is -0.581. The number of nitro groups is 1. The lowest BCUT2D eigenvalue weighted by Crippen LogP contribution is -2.23. The zero-order valence-electron chi connectivity index (χ0n) is 11.3. The van der Waals surface area contributed by atoms with Gasteiger partial charge in [-0.05, 0) is 31.2 Å². The summed E-state index contributed by atoms with van der Waals surface area (Å²) in [6.07, 6.45) is 0. The van der Waals surface area contributed by atoms with Crippen molar-refractivity contribution in [3.63, 3.8) is 0 Å². The fourth-order valence-corrected chi connectivity index (χ4v) is 1.80. The SMILES string of the molecule is Cc1ccc(CNC(=O)c2ccc([N+](=O)[O-])c(NN)c2)o1. The van der Waals surface area contributed by atoms with Gasteiger partial charge in [-0.15, -0.1) is 0 Å². The zero-order valence-corrected chi connectivity index (χ0v) is 11.3. The van der Waals surface area contributed by atoms with Crippen molar-refractivity contribution in [1.29, 1.82) is 0 Å². The molecule has 1 aromatic heterocycles. The third kappa shape index (κ3) is 3.37. The number of carbonyl (C=O) groups is 1. The number of nitrogens with zero attached hydrogens (tertiary/aromatic N) is 1. The molecular formula is C13H14N4O4. The standard InChI is InChI=1S/C13H14N4O4/c1-8-2-4-10(21-8)7-15-13(18)9-3-5-12(17(19)20)11(6-9)16-14/h2-6,16H,7,14H2,1H3,(H,15,18). The molecule has 8 heteroatoms. The van der Waals surface area contributed by atoms with Crippen molar-refractivity contribution in [3.8, 4) is 0 Å². The van der Waals surface area contributed by atoms with Crippen LogP contribution in [0.3, 0.4) is 0 Å². The molecule has 0 aliphatic carbocycles. The number of carbonyl (C=O) groups excluding carboxylic acids is 1. The third-order valence-corrected chi connectivity index (χ3v) is 2.83. The van der Waals surface area contributed by atoms with Crippen LogP contribution in [0, 0.1) is 17.0 Å². The van der Waals surface area contributed by atoms with Crippen molar-refractivity contribution in [3.05, 3.63) is 57.5 Å². The first-order valence-electron chi connectivity index (χ1n) is 6.10. The van der Waals surface area contributed by atoms with Crippen LogP contribution >= 0.6 is 0 Å². The first kappa shape index (κ1) is 14.5. The maximum atomic E-state index is 12.0. The van der Waals surface area contributed by atoms with E-state index in [9.17, 15) is 14.9 Å². The molecule has 0 bridgehead atoms. The molecule has 2 aromatic rings. The largest absolute Gasteiger partial charge is 0.465 e. The molecule has 110 valence electrons. The average Bonchev–Trinajstić information content (AvgIpc) is 2.89. The molecule has 0 spiro atoms. The Morgan fingerprint density at radius 2 is 2.14 bits per heavy atom. The predicted molar refractivity (Wildman–Crippen MR) is 75.5 cm³/mol. The zero-order chi connectivity index (χ0) is 15.4. The average molecular weight is 290 g/mol. The number of furan rings is 1. The predicted octanol–water partition coefficient (Wildman–Crippen LogP) is 1.71. The summed E-state index contributed by atoms with van der Waals surface area (Å²) in [4.78, 5) is 22.2. The molecular weight excluding hydrogens is 276 g/mol. The van der Waals surface area contributed by atoms with E-state index in [0.717, 1.165) is 5.76 Å². The van der Waals surface area contributed by atoms with Gasteiger partial charge >= 0.3 is 0 Å². The number of anilines is 1. The molecule has 0 aliphatic heterocycles. The van der Waals surface area contributed by atoms with Crippen LogP contribution < -0.4 is 16.6 Å². The van der Waals surface area contributed by atoms with E-state index < -0.39 is 4.92 Å². The minimum absolute atomic E-state index is 0.0708. The number of amides is 1. The van der Waals surface area contributed by atoms with E-state index in [0.29, 0.717) is 5.76 Å². The van der Waals surface area contributed by atoms with Crippen molar-refractivity contribution in [2.45, 2.75) is 13.5 Å². The van der Waals surface area contributed by atoms with Gasteiger partial charge in [0.05, 0.1) is 11.5 Å². The highest BCUT2D eigenvalue weighted by atomic mass is 16.6. The normalized spacial score (nSPS) is 10.2. The Bertz CT molecular complexity index is 681. The van der Waals surface area contributed by atoms with E-state index in [4.69, 9.17) is 10.3 Å². The summed E-state index contributed by atoms with van der Waals surface area (Å²) in [5.41, 5.74) is 2.34. The molecule has 1 aromatic carbocycles. The van der Waals surface area contributed by atoms with E-state index in [2.05, 4.69) is 10.7 Å². The molecule has 21 heavy (non-hydrogen) atoms. The van der Waals surface area contributed by atoms with Crippen LogP contribution in [0.4, 0.5) is 11.4 Å². The van der Waals surface area contributed by atoms with Crippen molar-refractivity contribution < 1.29 is 14.1 Å². The first-order valence-corrected chi connectivity index (χ1v) is 6.10. The quantitative estimate of drug-likeness (QED) is 0.437. The topological polar surface area (TPSA) is 123 Å². The van der Waals surface area contributed by atoms with Gasteiger partial charge in [0.25, 0.3) is 11.6 Å². The summed E-state index contributed by atoms with van der Waals surface area (Å²) < 4.78 is 5.33. The van der Waals surface area contributed by atoms with Crippen LogP contribution in [-0.4, -0.2) is 10.8 Å². The van der Waals surface area contributed by atoms with Gasteiger partial charge in [0.1, 0.15) is 17.2 Å². The second-order valence-corrected chi connectivity index (χ2v) is 4.33. The molecule has 0 aliphatic rings. The van der Waals surface area contributed by atoms with Gasteiger partial charge in [0.2, 0.25) is 0 Å². The van der Waals surface area contributed by atoms with Crippen molar-refractivity contribution in [2.24, 2.45) is 5.84 Å². The molecule has 1 heterocycles.